The molecular weight excluding hydrogens is 809 g/mol. The van der Waals surface area contributed by atoms with Crippen LogP contribution in [0.1, 0.15) is 299 Å². The average molecular weight is 924 g/mol. The van der Waals surface area contributed by atoms with E-state index < -0.39 is 0 Å². The van der Waals surface area contributed by atoms with Gasteiger partial charge in [-0.2, -0.15) is 0 Å². The van der Waals surface area contributed by atoms with Crippen LogP contribution >= 0.6 is 0 Å². The van der Waals surface area contributed by atoms with Gasteiger partial charge in [0, 0.05) is 12.8 Å². The van der Waals surface area contributed by atoms with E-state index in [0.29, 0.717) is 13.2 Å². The Morgan fingerprint density at radius 1 is 0.277 bits per heavy atom. The Hall–Kier alpha value is -1.44. The lowest BCUT2D eigenvalue weighted by Crippen LogP contribution is -2.25. The van der Waals surface area contributed by atoms with E-state index in [1.54, 1.807) is 0 Å². The smallest absolute Gasteiger partial charge is 0.162 e. The van der Waals surface area contributed by atoms with Crippen LogP contribution in [0.2, 0.25) is 0 Å². The predicted molar refractivity (Wildman–Crippen MR) is 279 cm³/mol. The maximum Gasteiger partial charge on any atom is 0.162 e. The number of ether oxygens (including phenoxy) is 7. The summed E-state index contributed by atoms with van der Waals surface area (Å²) >= 11 is 0. The molecule has 0 N–H and O–H groups in total. The Morgan fingerprint density at radius 3 is 0.831 bits per heavy atom. The van der Waals surface area contributed by atoms with E-state index in [9.17, 15) is 0 Å². The van der Waals surface area contributed by atoms with Gasteiger partial charge in [0.05, 0.1) is 26.4 Å². The molecule has 0 amide bonds. The largest absolute Gasteiger partial charge is 0.494 e. The zero-order chi connectivity index (χ0) is 47.5. The highest BCUT2D eigenvalue weighted by atomic mass is 16.7. The van der Waals surface area contributed by atoms with E-state index in [-0.39, 0.29) is 25.8 Å². The lowest BCUT2D eigenvalue weighted by molar-refractivity contribution is -0.167. The molecule has 0 aliphatic carbocycles. The van der Waals surface area contributed by atoms with Crippen LogP contribution in [-0.4, -0.2) is 52.2 Å². The first-order valence-corrected chi connectivity index (χ1v) is 28.9. The van der Waals surface area contributed by atoms with Gasteiger partial charge in [0.25, 0.3) is 0 Å². The molecule has 2 unspecified atom stereocenters. The zero-order valence-corrected chi connectivity index (χ0v) is 45.1. The number of hydrogen-bond donors (Lipinski definition) is 0. The molecule has 0 rings (SSSR count). The van der Waals surface area contributed by atoms with Crippen molar-refractivity contribution in [2.24, 2.45) is 0 Å². The monoisotopic (exact) mass is 923 g/mol. The summed E-state index contributed by atoms with van der Waals surface area (Å²) in [6, 6.07) is 0. The van der Waals surface area contributed by atoms with E-state index >= 15 is 0 Å². The van der Waals surface area contributed by atoms with Crippen LogP contribution in [0.4, 0.5) is 0 Å². The van der Waals surface area contributed by atoms with Crippen LogP contribution in [0.25, 0.3) is 0 Å². The Bertz CT molecular complexity index is 934. The molecule has 0 fully saturated rings. The van der Waals surface area contributed by atoms with E-state index in [1.165, 1.54) is 167 Å². The Morgan fingerprint density at radius 2 is 0.538 bits per heavy atom. The van der Waals surface area contributed by atoms with Gasteiger partial charge in [0.2, 0.25) is 0 Å². The van der Waals surface area contributed by atoms with Gasteiger partial charge < -0.3 is 33.2 Å². The van der Waals surface area contributed by atoms with Crippen molar-refractivity contribution in [3.8, 4) is 0 Å². The molecule has 2 atom stereocenters. The molecule has 0 bridgehead atoms. The average Bonchev–Trinajstić information content (AvgIpc) is 3.31. The van der Waals surface area contributed by atoms with E-state index in [0.717, 1.165) is 113 Å². The summed E-state index contributed by atoms with van der Waals surface area (Å²) in [7, 11) is 0. The van der Waals surface area contributed by atoms with Gasteiger partial charge in [0.1, 0.15) is 23.7 Å². The number of allylic oxidation sites excluding steroid dienone is 2. The van der Waals surface area contributed by atoms with Gasteiger partial charge in [-0.15, -0.1) is 0 Å². The van der Waals surface area contributed by atoms with Crippen molar-refractivity contribution in [2.75, 3.05) is 40.0 Å². The van der Waals surface area contributed by atoms with Crippen molar-refractivity contribution >= 4 is 0 Å². The minimum absolute atomic E-state index is 0.136. The third kappa shape index (κ3) is 39.1. The van der Waals surface area contributed by atoms with Crippen LogP contribution in [0.5, 0.6) is 0 Å². The lowest BCUT2D eigenvalue weighted by atomic mass is 10.0. The van der Waals surface area contributed by atoms with Gasteiger partial charge in [0.15, 0.2) is 25.1 Å². The van der Waals surface area contributed by atoms with Crippen LogP contribution in [0, 0.1) is 0 Å². The van der Waals surface area contributed by atoms with Gasteiger partial charge in [-0.3, -0.25) is 0 Å². The fourth-order valence-electron chi connectivity index (χ4n) is 8.37. The predicted octanol–water partition coefficient (Wildman–Crippen LogP) is 19.2. The molecule has 0 aromatic carbocycles. The summed E-state index contributed by atoms with van der Waals surface area (Å²) in [6.45, 7) is 21.3. The first-order valence-electron chi connectivity index (χ1n) is 28.9. The van der Waals surface area contributed by atoms with Crippen molar-refractivity contribution in [3.05, 3.63) is 23.0 Å². The Kier molecular flexibility index (Phi) is 50.8. The molecule has 0 aromatic heterocycles. The quantitative estimate of drug-likeness (QED) is 0.0342. The summed E-state index contributed by atoms with van der Waals surface area (Å²) in [5, 5.41) is 0. The zero-order valence-electron chi connectivity index (χ0n) is 45.1. The number of unbranched alkanes of at least 4 members (excludes halogenated alkanes) is 26. The third-order valence-electron chi connectivity index (χ3n) is 12.5. The van der Waals surface area contributed by atoms with Crippen molar-refractivity contribution in [2.45, 2.75) is 312 Å². The van der Waals surface area contributed by atoms with Gasteiger partial charge in [-0.25, -0.2) is 0 Å². The Balaban J connectivity index is 6.43. The second-order valence-electron chi connectivity index (χ2n) is 19.0. The molecule has 65 heavy (non-hydrogen) atoms. The molecule has 388 valence electrons. The second-order valence-corrected chi connectivity index (χ2v) is 19.0. The lowest BCUT2D eigenvalue weighted by Gasteiger charge is -2.26. The van der Waals surface area contributed by atoms with Gasteiger partial charge in [-0.1, -0.05) is 235 Å². The van der Waals surface area contributed by atoms with Crippen molar-refractivity contribution in [1.29, 1.82) is 0 Å². The molecule has 0 aliphatic heterocycles. The fourth-order valence-corrected chi connectivity index (χ4v) is 8.37. The molecule has 0 saturated heterocycles. The van der Waals surface area contributed by atoms with E-state index in [4.69, 9.17) is 33.2 Å². The SMILES string of the molecule is CCCCCCCCC(OCOCOC(CCCCCCCC)C(OCCCCCCC)=C(CCC)OCCCCCCC)C(OCCCCCCC)=C(CCC)OCCCCCCC. The third-order valence-corrected chi connectivity index (χ3v) is 12.5. The van der Waals surface area contributed by atoms with E-state index in [2.05, 4.69) is 55.4 Å². The molecule has 0 aliphatic rings. The molecule has 7 heteroatoms. The molecule has 0 spiro atoms. The molecule has 0 radical (unpaired) electrons. The first kappa shape index (κ1) is 63.6. The maximum atomic E-state index is 6.78. The standard InChI is InChI=1S/C58H114O7/c1-9-17-23-29-31-37-45-55(57(62-49-41-35-27-21-13-5)53(43-15-7)60-47-39-33-25-19-11-3)64-51-59-52-65-56(46-38-32-30-24-18-10-2)58(63-50-42-36-28-22-14-6)54(44-16-8)61-48-40-34-26-20-12-4/h55-56H,9-52H2,1-8H3. The highest BCUT2D eigenvalue weighted by Crippen LogP contribution is 2.28. The molecule has 7 nitrogen and oxygen atoms in total. The van der Waals surface area contributed by atoms with Crippen molar-refractivity contribution in [3.63, 3.8) is 0 Å². The van der Waals surface area contributed by atoms with Gasteiger partial charge >= 0.3 is 0 Å². The Labute approximate surface area is 406 Å². The van der Waals surface area contributed by atoms with Crippen LogP contribution < -0.4 is 0 Å². The van der Waals surface area contributed by atoms with Crippen LogP contribution in [0.3, 0.4) is 0 Å². The maximum absolute atomic E-state index is 6.78. The summed E-state index contributed by atoms with van der Waals surface area (Å²) < 4.78 is 46.7. The number of rotatable bonds is 54. The summed E-state index contributed by atoms with van der Waals surface area (Å²) in [4.78, 5) is 0. The van der Waals surface area contributed by atoms with Gasteiger partial charge in [-0.05, 0) is 51.4 Å². The minimum Gasteiger partial charge on any atom is -0.494 e. The van der Waals surface area contributed by atoms with Crippen molar-refractivity contribution < 1.29 is 33.2 Å². The fraction of sp³-hybridized carbons (Fsp3) is 0.931. The van der Waals surface area contributed by atoms with Crippen LogP contribution in [0.15, 0.2) is 23.0 Å². The topological polar surface area (TPSA) is 64.6 Å². The summed E-state index contributed by atoms with van der Waals surface area (Å²) in [6.07, 6.45) is 44.1. The highest BCUT2D eigenvalue weighted by molar-refractivity contribution is 5.09. The molecular formula is C58H114O7. The second kappa shape index (κ2) is 51.9. The minimum atomic E-state index is -0.217. The van der Waals surface area contributed by atoms with E-state index in [1.807, 2.05) is 0 Å². The van der Waals surface area contributed by atoms with Crippen LogP contribution in [-0.2, 0) is 33.2 Å². The summed E-state index contributed by atoms with van der Waals surface area (Å²) in [5.74, 6) is 3.78. The molecule has 0 saturated carbocycles. The highest BCUT2D eigenvalue weighted by Gasteiger charge is 2.25. The number of hydrogen-bond acceptors (Lipinski definition) is 7. The summed E-state index contributed by atoms with van der Waals surface area (Å²) in [5.41, 5.74) is 0. The molecule has 0 heterocycles. The normalized spacial score (nSPS) is 13.4. The molecule has 0 aromatic rings. The van der Waals surface area contributed by atoms with Crippen molar-refractivity contribution in [1.82, 2.24) is 0 Å². The first-order chi connectivity index (χ1) is 32.1.